The first-order valence-corrected chi connectivity index (χ1v) is 9.07. The van der Waals surface area contributed by atoms with Crippen LogP contribution in [0.25, 0.3) is 0 Å². The fraction of sp³-hybridized carbons (Fsp3) is 0.211. The zero-order chi connectivity index (χ0) is 19.4. The number of nitrogens with one attached hydrogen (secondary N) is 2. The molecule has 0 saturated heterocycles. The van der Waals surface area contributed by atoms with Crippen LogP contribution in [0.3, 0.4) is 0 Å². The zero-order valence-corrected chi connectivity index (χ0v) is 15.3. The molecule has 0 aromatic heterocycles. The second-order valence-electron chi connectivity index (χ2n) is 6.00. The Hall–Kier alpha value is -3.18. The van der Waals surface area contributed by atoms with Crippen LogP contribution < -0.4 is 10.6 Å². The predicted molar refractivity (Wildman–Crippen MR) is 102 cm³/mol. The Balaban J connectivity index is 1.80. The molecule has 8 heteroatoms. The van der Waals surface area contributed by atoms with Crippen LogP contribution in [0.4, 0.5) is 11.4 Å². The number of hydrogen-bond donors (Lipinski definition) is 3. The van der Waals surface area contributed by atoms with Gasteiger partial charge in [0.25, 0.3) is 0 Å². The number of carboxylic acid groups (broad SMARTS) is 1. The lowest BCUT2D eigenvalue weighted by Crippen LogP contribution is -2.40. The van der Waals surface area contributed by atoms with Crippen LogP contribution in [0.2, 0.25) is 0 Å². The van der Waals surface area contributed by atoms with Crippen LogP contribution in [0.15, 0.2) is 42.5 Å². The van der Waals surface area contributed by atoms with E-state index in [9.17, 15) is 14.7 Å². The molecule has 1 aliphatic rings. The van der Waals surface area contributed by atoms with Crippen LogP contribution in [0, 0.1) is 11.3 Å². The van der Waals surface area contributed by atoms with E-state index in [2.05, 4.69) is 16.7 Å². The molecule has 138 valence electrons. The quantitative estimate of drug-likeness (QED) is 0.652. The summed E-state index contributed by atoms with van der Waals surface area (Å²) in [7, 11) is 1.32. The molecule has 0 bridgehead atoms. The highest BCUT2D eigenvalue weighted by molar-refractivity contribution is 8.00. The van der Waals surface area contributed by atoms with Gasteiger partial charge in [-0.15, -0.1) is 11.8 Å². The number of esters is 1. The summed E-state index contributed by atoms with van der Waals surface area (Å²) >= 11 is 1.37. The van der Waals surface area contributed by atoms with E-state index in [1.807, 2.05) is 6.07 Å². The number of benzene rings is 2. The topological polar surface area (TPSA) is 111 Å². The Morgan fingerprint density at radius 1 is 1.22 bits per heavy atom. The van der Waals surface area contributed by atoms with E-state index in [4.69, 9.17) is 10.00 Å². The van der Waals surface area contributed by atoms with Crippen molar-refractivity contribution in [2.75, 3.05) is 17.7 Å². The summed E-state index contributed by atoms with van der Waals surface area (Å²) in [6, 6.07) is 14.2. The van der Waals surface area contributed by atoms with E-state index < -0.39 is 16.9 Å². The number of carbonyl (C=O) groups excluding carboxylic acids is 1. The molecular formula is C19H17N3O4S. The lowest BCUT2D eigenvalue weighted by Gasteiger charge is -2.28. The van der Waals surface area contributed by atoms with Gasteiger partial charge in [-0.1, -0.05) is 12.1 Å². The number of nitriles is 1. The van der Waals surface area contributed by atoms with E-state index in [-0.39, 0.29) is 6.42 Å². The molecule has 1 heterocycles. The first kappa shape index (κ1) is 18.6. The lowest BCUT2D eigenvalue weighted by molar-refractivity contribution is -0.137. The van der Waals surface area contributed by atoms with Crippen molar-refractivity contribution >= 4 is 35.1 Å². The molecule has 0 spiro atoms. The molecule has 2 aromatic carbocycles. The Bertz CT molecular complexity index is 941. The number of carbonyl (C=O) groups is 2. The van der Waals surface area contributed by atoms with Crippen molar-refractivity contribution in [1.29, 1.82) is 5.26 Å². The summed E-state index contributed by atoms with van der Waals surface area (Å²) in [5.74, 6) is -0.910. The van der Waals surface area contributed by atoms with Crippen molar-refractivity contribution in [1.82, 2.24) is 0 Å². The molecule has 1 atom stereocenters. The molecule has 27 heavy (non-hydrogen) atoms. The van der Waals surface area contributed by atoms with Gasteiger partial charge < -0.3 is 20.5 Å². The molecule has 1 unspecified atom stereocenters. The van der Waals surface area contributed by atoms with Gasteiger partial charge in [-0.25, -0.2) is 4.79 Å². The fourth-order valence-electron chi connectivity index (χ4n) is 2.83. The number of thioether (sulfide) groups is 1. The second kappa shape index (κ2) is 7.60. The van der Waals surface area contributed by atoms with Crippen molar-refractivity contribution in [3.8, 4) is 6.07 Å². The van der Waals surface area contributed by atoms with E-state index in [0.29, 0.717) is 22.6 Å². The Labute approximate surface area is 160 Å². The summed E-state index contributed by atoms with van der Waals surface area (Å²) < 4.78 is 4.73. The van der Waals surface area contributed by atoms with Crippen LogP contribution >= 0.6 is 11.8 Å². The van der Waals surface area contributed by atoms with E-state index in [0.717, 1.165) is 11.3 Å². The Morgan fingerprint density at radius 3 is 2.70 bits per heavy atom. The van der Waals surface area contributed by atoms with Crippen molar-refractivity contribution < 1.29 is 19.4 Å². The summed E-state index contributed by atoms with van der Waals surface area (Å²) in [4.78, 5) is 22.2. The van der Waals surface area contributed by atoms with Crippen LogP contribution in [-0.4, -0.2) is 29.1 Å². The average molecular weight is 383 g/mol. The van der Waals surface area contributed by atoms with Gasteiger partial charge >= 0.3 is 11.9 Å². The van der Waals surface area contributed by atoms with Crippen LogP contribution in [0.5, 0.6) is 0 Å². The number of ether oxygens (including phenoxy) is 1. The number of aliphatic carboxylic acids is 1. The SMILES string of the molecule is COC(=O)c1cccc(CSC2(CC(=O)O)Nc3ccc(C#N)cc3N2)c1. The number of carboxylic acids is 1. The fourth-order valence-corrected chi connectivity index (χ4v) is 4.01. The largest absolute Gasteiger partial charge is 0.481 e. The molecule has 3 rings (SSSR count). The summed E-state index contributed by atoms with van der Waals surface area (Å²) in [5, 5.41) is 24.8. The van der Waals surface area contributed by atoms with Gasteiger partial charge in [0.15, 0.2) is 4.99 Å². The average Bonchev–Trinajstić information content (AvgIpc) is 3.02. The minimum Gasteiger partial charge on any atom is -0.481 e. The molecule has 7 nitrogen and oxygen atoms in total. The molecule has 0 amide bonds. The predicted octanol–water partition coefficient (Wildman–Crippen LogP) is 3.24. The van der Waals surface area contributed by atoms with Gasteiger partial charge in [0.05, 0.1) is 42.1 Å². The maximum Gasteiger partial charge on any atom is 0.337 e. The zero-order valence-electron chi connectivity index (χ0n) is 14.5. The molecule has 0 fully saturated rings. The lowest BCUT2D eigenvalue weighted by atomic mass is 10.1. The molecule has 3 N–H and O–H groups in total. The molecule has 2 aromatic rings. The normalized spacial score (nSPS) is 17.2. The minimum atomic E-state index is -0.959. The van der Waals surface area contributed by atoms with Crippen LogP contribution in [-0.2, 0) is 15.3 Å². The number of fused-ring (bicyclic) bond motifs is 1. The molecule has 0 radical (unpaired) electrons. The third-order valence-electron chi connectivity index (χ3n) is 4.06. The van der Waals surface area contributed by atoms with E-state index in [1.54, 1.807) is 36.4 Å². The third kappa shape index (κ3) is 4.15. The van der Waals surface area contributed by atoms with Crippen LogP contribution in [0.1, 0.15) is 27.9 Å². The first-order chi connectivity index (χ1) is 12.9. The monoisotopic (exact) mass is 383 g/mol. The second-order valence-corrected chi connectivity index (χ2v) is 7.27. The van der Waals surface area contributed by atoms with Crippen molar-refractivity contribution in [3.05, 3.63) is 59.2 Å². The summed E-state index contributed by atoms with van der Waals surface area (Å²) in [5.41, 5.74) is 3.23. The highest BCUT2D eigenvalue weighted by Crippen LogP contribution is 2.43. The summed E-state index contributed by atoms with van der Waals surface area (Å²) in [6.45, 7) is 0. The van der Waals surface area contributed by atoms with E-state index >= 15 is 0 Å². The smallest absolute Gasteiger partial charge is 0.337 e. The number of rotatable bonds is 6. The van der Waals surface area contributed by atoms with Crippen molar-refractivity contribution in [2.45, 2.75) is 17.2 Å². The van der Waals surface area contributed by atoms with Crippen molar-refractivity contribution in [2.24, 2.45) is 0 Å². The van der Waals surface area contributed by atoms with Gasteiger partial charge in [0, 0.05) is 5.75 Å². The van der Waals surface area contributed by atoms with Gasteiger partial charge in [-0.2, -0.15) is 5.26 Å². The van der Waals surface area contributed by atoms with Gasteiger partial charge in [-0.05, 0) is 35.9 Å². The molecule has 0 saturated carbocycles. The maximum atomic E-state index is 11.7. The highest BCUT2D eigenvalue weighted by atomic mass is 32.2. The Morgan fingerprint density at radius 2 is 2.00 bits per heavy atom. The van der Waals surface area contributed by atoms with Gasteiger partial charge in [-0.3, -0.25) is 4.79 Å². The number of methoxy groups -OCH3 is 1. The number of nitrogens with zero attached hydrogens (tertiary/aromatic N) is 1. The number of hydrogen-bond acceptors (Lipinski definition) is 7. The minimum absolute atomic E-state index is 0.176. The molecular weight excluding hydrogens is 366 g/mol. The summed E-state index contributed by atoms with van der Waals surface area (Å²) in [6.07, 6.45) is -0.176. The Kier molecular flexibility index (Phi) is 5.23. The van der Waals surface area contributed by atoms with Gasteiger partial charge in [0.2, 0.25) is 0 Å². The van der Waals surface area contributed by atoms with Crippen molar-refractivity contribution in [3.63, 3.8) is 0 Å². The maximum absolute atomic E-state index is 11.7. The highest BCUT2D eigenvalue weighted by Gasteiger charge is 2.39. The molecule has 1 aliphatic heterocycles. The number of anilines is 2. The van der Waals surface area contributed by atoms with Gasteiger partial charge in [0.1, 0.15) is 0 Å². The molecule has 0 aliphatic carbocycles. The third-order valence-corrected chi connectivity index (χ3v) is 5.37. The van der Waals surface area contributed by atoms with E-state index in [1.165, 1.54) is 18.9 Å². The standard InChI is InChI=1S/C19H17N3O4S/c1-26-18(25)14-4-2-3-13(7-14)11-27-19(9-17(23)24)21-15-6-5-12(10-20)8-16(15)22-19/h2-8,21-22H,9,11H2,1H3,(H,23,24). The first-order valence-electron chi connectivity index (χ1n) is 8.08.